The third-order valence-electron chi connectivity index (χ3n) is 5.57. The van der Waals surface area contributed by atoms with Gasteiger partial charge in [-0.25, -0.2) is 9.79 Å². The minimum absolute atomic E-state index is 0.127. The van der Waals surface area contributed by atoms with Gasteiger partial charge < -0.3 is 9.47 Å². The van der Waals surface area contributed by atoms with E-state index in [9.17, 15) is 9.59 Å². The first-order valence-electron chi connectivity index (χ1n) is 10.8. The van der Waals surface area contributed by atoms with Crippen molar-refractivity contribution in [2.75, 3.05) is 26.6 Å². The van der Waals surface area contributed by atoms with Crippen LogP contribution in [0, 0.1) is 6.92 Å². The minimum atomic E-state index is -0.623. The van der Waals surface area contributed by atoms with E-state index in [4.69, 9.17) is 9.47 Å². The van der Waals surface area contributed by atoms with Crippen LogP contribution in [0.1, 0.15) is 29.7 Å². The highest BCUT2D eigenvalue weighted by Gasteiger charge is 2.33. The van der Waals surface area contributed by atoms with E-state index >= 15 is 0 Å². The standard InChI is InChI=1S/C26H26N2O4S2/c1-16-5-7-18(8-6-16)15-21-24(29)28-23(19-9-11-20(33-4)12-10-19)22(17(2)27-26(28)34-21)25(30)32-14-13-31-3/h5-12,15,23H,13-14H2,1-4H3. The van der Waals surface area contributed by atoms with Gasteiger partial charge in [-0.15, -0.1) is 11.8 Å². The van der Waals surface area contributed by atoms with Gasteiger partial charge in [-0.1, -0.05) is 53.3 Å². The second kappa shape index (κ2) is 10.5. The van der Waals surface area contributed by atoms with Crippen LogP contribution in [0.5, 0.6) is 0 Å². The van der Waals surface area contributed by atoms with Crippen molar-refractivity contribution in [1.82, 2.24) is 4.57 Å². The van der Waals surface area contributed by atoms with E-state index in [0.717, 1.165) is 21.6 Å². The van der Waals surface area contributed by atoms with Crippen molar-refractivity contribution in [2.45, 2.75) is 24.8 Å². The number of ether oxygens (including phenoxy) is 2. The van der Waals surface area contributed by atoms with Crippen LogP contribution in [0.15, 0.2) is 74.5 Å². The Labute approximate surface area is 206 Å². The maximum absolute atomic E-state index is 13.6. The van der Waals surface area contributed by atoms with Crippen molar-refractivity contribution >= 4 is 35.1 Å². The Morgan fingerprint density at radius 2 is 1.82 bits per heavy atom. The van der Waals surface area contributed by atoms with Gasteiger partial charge in [-0.3, -0.25) is 9.36 Å². The average Bonchev–Trinajstić information content (AvgIpc) is 3.14. The number of methoxy groups -OCH3 is 1. The van der Waals surface area contributed by atoms with E-state index < -0.39 is 12.0 Å². The zero-order chi connectivity index (χ0) is 24.2. The van der Waals surface area contributed by atoms with Gasteiger partial charge in [0.1, 0.15) is 6.61 Å². The topological polar surface area (TPSA) is 69.9 Å². The molecule has 0 aliphatic carbocycles. The fraction of sp³-hybridized carbons (Fsp3) is 0.269. The van der Waals surface area contributed by atoms with E-state index in [1.54, 1.807) is 30.4 Å². The normalized spacial score (nSPS) is 15.8. The summed E-state index contributed by atoms with van der Waals surface area (Å²) in [6.07, 6.45) is 3.87. The van der Waals surface area contributed by atoms with Crippen LogP contribution in [-0.2, 0) is 14.3 Å². The van der Waals surface area contributed by atoms with Crippen molar-refractivity contribution in [3.05, 3.63) is 96.2 Å². The molecule has 1 unspecified atom stereocenters. The highest BCUT2D eigenvalue weighted by atomic mass is 32.2. The maximum Gasteiger partial charge on any atom is 0.338 e. The number of carbonyl (C=O) groups excluding carboxylic acids is 1. The SMILES string of the molecule is COCCOC(=O)C1=C(C)N=c2sc(=Cc3ccc(C)cc3)c(=O)n2C1c1ccc(SC)cc1. The Hall–Kier alpha value is -2.94. The lowest BCUT2D eigenvalue weighted by atomic mass is 9.96. The number of thiazole rings is 1. The van der Waals surface area contributed by atoms with Crippen LogP contribution in [-0.4, -0.2) is 37.1 Å². The molecule has 2 heterocycles. The van der Waals surface area contributed by atoms with Crippen LogP contribution in [0.25, 0.3) is 6.08 Å². The number of aryl methyl sites for hydroxylation is 1. The average molecular weight is 495 g/mol. The highest BCUT2D eigenvalue weighted by molar-refractivity contribution is 7.98. The van der Waals surface area contributed by atoms with Gasteiger partial charge >= 0.3 is 5.97 Å². The molecule has 4 rings (SSSR count). The zero-order valence-electron chi connectivity index (χ0n) is 19.5. The summed E-state index contributed by atoms with van der Waals surface area (Å²) in [6.45, 7) is 4.23. The van der Waals surface area contributed by atoms with Gasteiger partial charge in [0, 0.05) is 12.0 Å². The second-order valence-corrected chi connectivity index (χ2v) is 9.78. The third-order valence-corrected chi connectivity index (χ3v) is 7.30. The molecule has 0 saturated carbocycles. The molecule has 0 amide bonds. The van der Waals surface area contributed by atoms with E-state index in [0.29, 0.717) is 27.2 Å². The van der Waals surface area contributed by atoms with Crippen LogP contribution >= 0.6 is 23.1 Å². The van der Waals surface area contributed by atoms with Crippen molar-refractivity contribution in [3.63, 3.8) is 0 Å². The molecule has 0 saturated heterocycles. The summed E-state index contributed by atoms with van der Waals surface area (Å²) in [7, 11) is 1.55. The van der Waals surface area contributed by atoms with Crippen LogP contribution in [0.4, 0.5) is 0 Å². The first-order chi connectivity index (χ1) is 16.4. The lowest BCUT2D eigenvalue weighted by Gasteiger charge is -2.25. The van der Waals surface area contributed by atoms with Gasteiger partial charge in [-0.2, -0.15) is 0 Å². The number of nitrogens with zero attached hydrogens (tertiary/aromatic N) is 2. The number of esters is 1. The molecule has 1 aliphatic rings. The highest BCUT2D eigenvalue weighted by Crippen LogP contribution is 2.31. The summed E-state index contributed by atoms with van der Waals surface area (Å²) < 4.78 is 12.6. The summed E-state index contributed by atoms with van der Waals surface area (Å²) in [5.41, 5.74) is 3.64. The molecular weight excluding hydrogens is 468 g/mol. The predicted octanol–water partition coefficient (Wildman–Crippen LogP) is 3.46. The summed E-state index contributed by atoms with van der Waals surface area (Å²) in [5.74, 6) is -0.495. The minimum Gasteiger partial charge on any atom is -0.460 e. The number of hydrogen-bond donors (Lipinski definition) is 0. The van der Waals surface area contributed by atoms with Gasteiger partial charge in [0.2, 0.25) is 0 Å². The van der Waals surface area contributed by atoms with E-state index in [1.807, 2.05) is 67.8 Å². The molecule has 6 nitrogen and oxygen atoms in total. The number of rotatable bonds is 7. The van der Waals surface area contributed by atoms with Gasteiger partial charge in [0.25, 0.3) is 5.56 Å². The monoisotopic (exact) mass is 494 g/mol. The molecule has 0 fully saturated rings. The first kappa shape index (κ1) is 24.2. The fourth-order valence-corrected chi connectivity index (χ4v) is 5.25. The van der Waals surface area contributed by atoms with Crippen LogP contribution in [0.2, 0.25) is 0 Å². The molecule has 176 valence electrons. The Morgan fingerprint density at radius 3 is 2.47 bits per heavy atom. The van der Waals surface area contributed by atoms with Crippen molar-refractivity contribution in [1.29, 1.82) is 0 Å². The predicted molar refractivity (Wildman–Crippen MR) is 136 cm³/mol. The van der Waals surface area contributed by atoms with Gasteiger partial charge in [0.05, 0.1) is 28.5 Å². The molecule has 0 bridgehead atoms. The Bertz CT molecular complexity index is 1400. The smallest absolute Gasteiger partial charge is 0.338 e. The molecule has 0 radical (unpaired) electrons. The zero-order valence-corrected chi connectivity index (χ0v) is 21.2. The number of carbonyl (C=O) groups is 1. The Morgan fingerprint density at radius 1 is 1.12 bits per heavy atom. The van der Waals surface area contributed by atoms with E-state index in [-0.39, 0.29) is 12.2 Å². The third kappa shape index (κ3) is 4.94. The second-order valence-electron chi connectivity index (χ2n) is 7.89. The number of hydrogen-bond acceptors (Lipinski definition) is 7. The lowest BCUT2D eigenvalue weighted by molar-refractivity contribution is -0.140. The summed E-state index contributed by atoms with van der Waals surface area (Å²) >= 11 is 2.96. The molecule has 2 aromatic carbocycles. The Balaban J connectivity index is 1.87. The quantitative estimate of drug-likeness (QED) is 0.286. The molecule has 0 N–H and O–H groups in total. The first-order valence-corrected chi connectivity index (χ1v) is 12.9. The van der Waals surface area contributed by atoms with Gasteiger partial charge in [0.15, 0.2) is 4.80 Å². The van der Waals surface area contributed by atoms with Crippen LogP contribution < -0.4 is 14.9 Å². The lowest BCUT2D eigenvalue weighted by Crippen LogP contribution is -2.40. The maximum atomic E-state index is 13.6. The molecule has 1 atom stereocenters. The molecule has 0 spiro atoms. The number of benzene rings is 2. The molecule has 8 heteroatoms. The summed E-state index contributed by atoms with van der Waals surface area (Å²) in [5, 5.41) is 0. The van der Waals surface area contributed by atoms with Crippen molar-refractivity contribution in [2.24, 2.45) is 4.99 Å². The number of allylic oxidation sites excluding steroid dienone is 1. The van der Waals surface area contributed by atoms with Crippen molar-refractivity contribution < 1.29 is 14.3 Å². The molecule has 3 aromatic rings. The number of fused-ring (bicyclic) bond motifs is 1. The molecule has 1 aromatic heterocycles. The van der Waals surface area contributed by atoms with Gasteiger partial charge in [-0.05, 0) is 49.4 Å². The number of thioether (sulfide) groups is 1. The molecular formula is C26H26N2O4S2. The van der Waals surface area contributed by atoms with E-state index in [1.165, 1.54) is 11.3 Å². The Kier molecular flexibility index (Phi) is 7.50. The van der Waals surface area contributed by atoms with Crippen LogP contribution in [0.3, 0.4) is 0 Å². The summed E-state index contributed by atoms with van der Waals surface area (Å²) in [4.78, 5) is 33.0. The van der Waals surface area contributed by atoms with E-state index in [2.05, 4.69) is 4.99 Å². The number of aromatic nitrogens is 1. The largest absolute Gasteiger partial charge is 0.460 e. The fourth-order valence-electron chi connectivity index (χ4n) is 3.79. The molecule has 1 aliphatic heterocycles. The van der Waals surface area contributed by atoms with Crippen molar-refractivity contribution in [3.8, 4) is 0 Å². The summed E-state index contributed by atoms with van der Waals surface area (Å²) in [6, 6.07) is 15.3. The molecule has 34 heavy (non-hydrogen) atoms.